The third kappa shape index (κ3) is 3.94. The zero-order chi connectivity index (χ0) is 11.2. The number of allylic oxidation sites excluding steroid dienone is 5. The highest BCUT2D eigenvalue weighted by atomic mass is 19.4. The summed E-state index contributed by atoms with van der Waals surface area (Å²) >= 11 is 0. The molecule has 0 radical (unpaired) electrons. The van der Waals surface area contributed by atoms with Crippen LogP contribution in [-0.4, -0.2) is 6.18 Å². The average Bonchev–Trinajstić information content (AvgIpc) is 2.10. The second kappa shape index (κ2) is 5.28. The van der Waals surface area contributed by atoms with E-state index in [2.05, 4.69) is 6.58 Å². The van der Waals surface area contributed by atoms with Crippen molar-refractivity contribution in [1.29, 1.82) is 5.26 Å². The van der Waals surface area contributed by atoms with E-state index in [-0.39, 0.29) is 12.0 Å². The molecular formula is C10H10F3N. The van der Waals surface area contributed by atoms with Crippen molar-refractivity contribution in [2.75, 3.05) is 0 Å². The minimum absolute atomic E-state index is 0.0953. The molecule has 0 rings (SSSR count). The maximum absolute atomic E-state index is 12.3. The fourth-order valence-corrected chi connectivity index (χ4v) is 0.781. The van der Waals surface area contributed by atoms with Gasteiger partial charge in [-0.1, -0.05) is 25.7 Å². The van der Waals surface area contributed by atoms with Crippen LogP contribution in [-0.2, 0) is 0 Å². The maximum Gasteiger partial charge on any atom is 0.416 e. The van der Waals surface area contributed by atoms with Crippen molar-refractivity contribution < 1.29 is 13.2 Å². The molecule has 0 saturated carbocycles. The number of nitrogens with zero attached hydrogens (tertiary/aromatic N) is 1. The van der Waals surface area contributed by atoms with Gasteiger partial charge in [-0.2, -0.15) is 18.4 Å². The molecule has 4 heteroatoms. The molecule has 0 saturated heterocycles. The van der Waals surface area contributed by atoms with Crippen LogP contribution in [0.5, 0.6) is 0 Å². The third-order valence-electron chi connectivity index (χ3n) is 1.41. The molecule has 0 amide bonds. The summed E-state index contributed by atoms with van der Waals surface area (Å²) in [5.74, 6) is 0. The van der Waals surface area contributed by atoms with Crippen LogP contribution in [0.1, 0.15) is 13.3 Å². The van der Waals surface area contributed by atoms with Crippen LogP contribution in [0.25, 0.3) is 0 Å². The second-order valence-corrected chi connectivity index (χ2v) is 2.48. The van der Waals surface area contributed by atoms with Gasteiger partial charge >= 0.3 is 6.18 Å². The smallest absolute Gasteiger partial charge is 0.192 e. The van der Waals surface area contributed by atoms with Gasteiger partial charge in [0.1, 0.15) is 0 Å². The van der Waals surface area contributed by atoms with Gasteiger partial charge in [-0.25, -0.2) is 0 Å². The third-order valence-corrected chi connectivity index (χ3v) is 1.41. The van der Waals surface area contributed by atoms with Crippen LogP contribution >= 0.6 is 0 Å². The van der Waals surface area contributed by atoms with Gasteiger partial charge in [-0.05, 0) is 12.5 Å². The fraction of sp³-hybridized carbons (Fsp3) is 0.300. The molecule has 0 aliphatic heterocycles. The number of alkyl halides is 3. The van der Waals surface area contributed by atoms with Gasteiger partial charge in [0, 0.05) is 0 Å². The zero-order valence-electron chi connectivity index (χ0n) is 7.73. The van der Waals surface area contributed by atoms with E-state index < -0.39 is 11.7 Å². The molecule has 76 valence electrons. The highest BCUT2D eigenvalue weighted by Gasteiger charge is 2.31. The molecule has 0 atom stereocenters. The molecule has 1 nitrogen and oxygen atoms in total. The van der Waals surface area contributed by atoms with Gasteiger partial charge < -0.3 is 0 Å². The van der Waals surface area contributed by atoms with E-state index in [1.54, 1.807) is 13.0 Å². The molecule has 0 aromatic heterocycles. The Bertz CT molecular complexity index is 302. The van der Waals surface area contributed by atoms with Gasteiger partial charge in [-0.3, -0.25) is 0 Å². The summed E-state index contributed by atoms with van der Waals surface area (Å²) in [5, 5.41) is 8.42. The summed E-state index contributed by atoms with van der Waals surface area (Å²) < 4.78 is 36.9. The Morgan fingerprint density at radius 1 is 1.50 bits per heavy atom. The van der Waals surface area contributed by atoms with E-state index in [0.717, 1.165) is 18.2 Å². The predicted molar refractivity (Wildman–Crippen MR) is 48.3 cm³/mol. The predicted octanol–water partition coefficient (Wildman–Crippen LogP) is 3.52. The zero-order valence-corrected chi connectivity index (χ0v) is 7.73. The lowest BCUT2D eigenvalue weighted by atomic mass is 10.1. The lowest BCUT2D eigenvalue weighted by Gasteiger charge is -2.07. The number of hydrogen-bond donors (Lipinski definition) is 0. The quantitative estimate of drug-likeness (QED) is 0.506. The van der Waals surface area contributed by atoms with Crippen LogP contribution in [0.15, 0.2) is 36.0 Å². The molecule has 0 bridgehead atoms. The Hall–Kier alpha value is -1.50. The summed E-state index contributed by atoms with van der Waals surface area (Å²) in [4.78, 5) is 0. The standard InChI is InChI=1S/C10H10F3N/c1-3-5-9(10(11,12)13)6-8(4-2)7-14/h4-6H,2-3H2,1H3/b8-6+,9-5-. The van der Waals surface area contributed by atoms with Gasteiger partial charge in [0.2, 0.25) is 0 Å². The first-order chi connectivity index (χ1) is 6.45. The first-order valence-electron chi connectivity index (χ1n) is 3.97. The van der Waals surface area contributed by atoms with Crippen molar-refractivity contribution in [2.45, 2.75) is 19.5 Å². The van der Waals surface area contributed by atoms with Crippen LogP contribution in [0.4, 0.5) is 13.2 Å². The van der Waals surface area contributed by atoms with Crippen LogP contribution in [0, 0.1) is 11.3 Å². The largest absolute Gasteiger partial charge is 0.416 e. The first-order valence-corrected chi connectivity index (χ1v) is 3.97. The summed E-state index contributed by atoms with van der Waals surface area (Å²) in [7, 11) is 0. The highest BCUT2D eigenvalue weighted by Crippen LogP contribution is 2.27. The number of nitriles is 1. The topological polar surface area (TPSA) is 23.8 Å². The first kappa shape index (κ1) is 12.5. The molecule has 0 spiro atoms. The maximum atomic E-state index is 12.3. The van der Waals surface area contributed by atoms with Gasteiger partial charge in [-0.15, -0.1) is 0 Å². The minimum Gasteiger partial charge on any atom is -0.192 e. The van der Waals surface area contributed by atoms with E-state index in [1.807, 2.05) is 0 Å². The lowest BCUT2D eigenvalue weighted by molar-refractivity contribution is -0.0884. The molecular weight excluding hydrogens is 191 g/mol. The van der Waals surface area contributed by atoms with Crippen molar-refractivity contribution in [3.8, 4) is 6.07 Å². The molecule has 0 fully saturated rings. The van der Waals surface area contributed by atoms with Gasteiger partial charge in [0.05, 0.1) is 17.2 Å². The fourth-order valence-electron chi connectivity index (χ4n) is 0.781. The molecule has 0 aromatic carbocycles. The Labute approximate surface area is 80.8 Å². The summed E-state index contributed by atoms with van der Waals surface area (Å²) in [6, 6.07) is 1.61. The van der Waals surface area contributed by atoms with Crippen molar-refractivity contribution >= 4 is 0 Å². The van der Waals surface area contributed by atoms with Gasteiger partial charge in [0.15, 0.2) is 0 Å². The Balaban J connectivity index is 5.09. The van der Waals surface area contributed by atoms with Crippen LogP contribution in [0.2, 0.25) is 0 Å². The van der Waals surface area contributed by atoms with Crippen molar-refractivity contribution in [3.63, 3.8) is 0 Å². The summed E-state index contributed by atoms with van der Waals surface area (Å²) in [6.45, 7) is 4.84. The normalized spacial score (nSPS) is 13.6. The molecule has 0 N–H and O–H groups in total. The average molecular weight is 201 g/mol. The number of halogens is 3. The molecule has 0 heterocycles. The van der Waals surface area contributed by atoms with Crippen LogP contribution < -0.4 is 0 Å². The summed E-state index contributed by atoms with van der Waals surface area (Å²) in [5.41, 5.74) is -0.904. The van der Waals surface area contributed by atoms with Crippen molar-refractivity contribution in [3.05, 3.63) is 36.0 Å². The molecule has 0 aliphatic rings. The second-order valence-electron chi connectivity index (χ2n) is 2.48. The van der Waals surface area contributed by atoms with E-state index in [1.165, 1.54) is 0 Å². The Kier molecular flexibility index (Phi) is 4.71. The highest BCUT2D eigenvalue weighted by molar-refractivity contribution is 5.40. The Morgan fingerprint density at radius 3 is 2.36 bits per heavy atom. The molecule has 0 aliphatic carbocycles. The molecule has 0 unspecified atom stereocenters. The lowest BCUT2D eigenvalue weighted by Crippen LogP contribution is -2.10. The Morgan fingerprint density at radius 2 is 2.07 bits per heavy atom. The van der Waals surface area contributed by atoms with Crippen LogP contribution in [0.3, 0.4) is 0 Å². The molecule has 14 heavy (non-hydrogen) atoms. The number of rotatable bonds is 3. The van der Waals surface area contributed by atoms with E-state index in [0.29, 0.717) is 0 Å². The molecule has 0 aromatic rings. The number of hydrogen-bond acceptors (Lipinski definition) is 1. The van der Waals surface area contributed by atoms with Crippen molar-refractivity contribution in [2.24, 2.45) is 0 Å². The summed E-state index contributed by atoms with van der Waals surface area (Å²) in [6.07, 6.45) is -1.24. The monoisotopic (exact) mass is 201 g/mol. The minimum atomic E-state index is -4.42. The van der Waals surface area contributed by atoms with Crippen molar-refractivity contribution in [1.82, 2.24) is 0 Å². The van der Waals surface area contributed by atoms with Gasteiger partial charge in [0.25, 0.3) is 0 Å². The van der Waals surface area contributed by atoms with E-state index in [4.69, 9.17) is 5.26 Å². The van der Waals surface area contributed by atoms with E-state index >= 15 is 0 Å². The van der Waals surface area contributed by atoms with E-state index in [9.17, 15) is 13.2 Å². The SMILES string of the molecule is C=C/C(C#N)=C\C(=C\CC)C(F)(F)F.